The topological polar surface area (TPSA) is 99.2 Å². The van der Waals surface area contributed by atoms with Crippen LogP contribution < -0.4 is 15.1 Å². The third-order valence-electron chi connectivity index (χ3n) is 0. The van der Waals surface area contributed by atoms with Crippen molar-refractivity contribution in [3.05, 3.63) is 0 Å². The molecule has 0 aromatic carbocycles. The molecule has 0 spiro atoms. The van der Waals surface area contributed by atoms with Gasteiger partial charge in [-0.3, -0.25) is 7.32 Å². The molecule has 0 aliphatic rings. The van der Waals surface area contributed by atoms with Gasteiger partial charge in [0.2, 0.25) is 0 Å². The third kappa shape index (κ3) is 1910. The van der Waals surface area contributed by atoms with E-state index in [1.165, 1.54) is 0 Å². The van der Waals surface area contributed by atoms with Gasteiger partial charge in [-0.05, 0) is 0 Å². The summed E-state index contributed by atoms with van der Waals surface area (Å²) in [6.07, 6.45) is 0. The predicted octanol–water partition coefficient (Wildman–Crippen LogP) is -4.89. The normalized spacial score (nSPS) is 3.86. The quantitative estimate of drug-likeness (QED) is 0.281. The molecule has 0 saturated carbocycles. The van der Waals surface area contributed by atoms with Crippen LogP contribution in [0, 0.1) is 0 Å². The summed E-state index contributed by atoms with van der Waals surface area (Å²) >= 11 is 0. The van der Waals surface area contributed by atoms with E-state index in [4.69, 9.17) is 15.1 Å². The minimum atomic E-state index is -2.92. The Morgan fingerprint density at radius 2 is 0.857 bits per heavy atom. The van der Waals surface area contributed by atoms with Gasteiger partial charge >= 0.3 is 20.2 Å². The molecule has 0 saturated heterocycles. The van der Waals surface area contributed by atoms with Crippen LogP contribution in [-0.2, 0) is 0 Å². The SMILES string of the molecule is [Be+2].[Be+2].[O-]B([O-])[O-].[OH-]. The molecule has 7 heteroatoms. The van der Waals surface area contributed by atoms with Crippen molar-refractivity contribution in [2.45, 2.75) is 0 Å². The maximum atomic E-state index is 8.42. The molecule has 0 heterocycles. The molecule has 1 N–H and O–H groups in total. The van der Waals surface area contributed by atoms with Gasteiger partial charge in [0.15, 0.2) is 0 Å². The van der Waals surface area contributed by atoms with E-state index >= 15 is 0 Å². The smallest absolute Gasteiger partial charge is 0.907 e. The molecule has 0 aliphatic carbocycles. The van der Waals surface area contributed by atoms with Gasteiger partial charge in [0.1, 0.15) is 0 Å². The Morgan fingerprint density at radius 3 is 0.857 bits per heavy atom. The van der Waals surface area contributed by atoms with Crippen LogP contribution in [0.25, 0.3) is 0 Å². The first-order chi connectivity index (χ1) is 1.73. The molecule has 7 heavy (non-hydrogen) atoms. The second kappa shape index (κ2) is 16.3. The molecule has 0 fully saturated rings. The summed E-state index contributed by atoms with van der Waals surface area (Å²) in [5, 5.41) is 25.2. The Kier molecular flexibility index (Phi) is 62.6. The van der Waals surface area contributed by atoms with Crippen LogP contribution in [0.4, 0.5) is 0 Å². The van der Waals surface area contributed by atoms with Gasteiger partial charge in [0.05, 0.1) is 0 Å². The first-order valence-electron chi connectivity index (χ1n) is 0.707. The van der Waals surface area contributed by atoms with Crippen molar-refractivity contribution in [1.29, 1.82) is 0 Å². The van der Waals surface area contributed by atoms with Gasteiger partial charge in [0, 0.05) is 0 Å². The second-order valence-electron chi connectivity index (χ2n) is 0.289. The molecule has 0 amide bonds. The van der Waals surface area contributed by atoms with Gasteiger partial charge in [-0.25, -0.2) is 0 Å². The Bertz CT molecular complexity index is 14.4. The Balaban J connectivity index is -0.0000000150. The number of hydrogen-bond acceptors (Lipinski definition) is 4. The minimum absolute atomic E-state index is 0. The summed E-state index contributed by atoms with van der Waals surface area (Å²) in [5.41, 5.74) is 0. The zero-order valence-electron chi connectivity index (χ0n) is 3.66. The van der Waals surface area contributed by atoms with Gasteiger partial charge in [-0.15, -0.1) is 0 Å². The first-order valence-corrected chi connectivity index (χ1v) is 0.707. The second-order valence-corrected chi connectivity index (χ2v) is 0.289. The van der Waals surface area contributed by atoms with Crippen LogP contribution in [-0.4, -0.2) is 33.0 Å². The van der Waals surface area contributed by atoms with E-state index in [0.717, 1.165) is 0 Å². The average molecular weight is 93.8 g/mol. The molecular weight excluding hydrogens is 92.8 g/mol. The fraction of sp³-hybridized carbons (Fsp3) is 0. The maximum absolute atomic E-state index is 8.42. The fourth-order valence-electron chi connectivity index (χ4n) is 0. The maximum Gasteiger partial charge on any atom is 2.00 e. The monoisotopic (exact) mass is 94.0 g/mol. The van der Waals surface area contributed by atoms with Crippen molar-refractivity contribution in [2.75, 3.05) is 0 Å². The van der Waals surface area contributed by atoms with Crippen molar-refractivity contribution in [2.24, 2.45) is 0 Å². The zero-order valence-corrected chi connectivity index (χ0v) is 3.66. The Hall–Kier alpha value is 0.243. The largest absolute Gasteiger partial charge is 2.00 e. The minimum Gasteiger partial charge on any atom is -0.907 e. The van der Waals surface area contributed by atoms with E-state index in [-0.39, 0.29) is 25.7 Å². The van der Waals surface area contributed by atoms with Crippen molar-refractivity contribution in [3.8, 4) is 0 Å². The Labute approximate surface area is 49.1 Å². The van der Waals surface area contributed by atoms with E-state index in [0.29, 0.717) is 0 Å². The van der Waals surface area contributed by atoms with Crippen LogP contribution in [0.1, 0.15) is 0 Å². The van der Waals surface area contributed by atoms with Crippen molar-refractivity contribution in [3.63, 3.8) is 0 Å². The number of hydrogen-bond donors (Lipinski definition) is 0. The summed E-state index contributed by atoms with van der Waals surface area (Å²) in [6.45, 7) is 0. The summed E-state index contributed by atoms with van der Waals surface area (Å²) < 4.78 is 0. The van der Waals surface area contributed by atoms with E-state index in [2.05, 4.69) is 0 Å². The summed E-state index contributed by atoms with van der Waals surface area (Å²) in [5.74, 6) is 0. The molecule has 0 aromatic heterocycles. The summed E-state index contributed by atoms with van der Waals surface area (Å²) in [7, 11) is -2.92. The summed E-state index contributed by atoms with van der Waals surface area (Å²) in [4.78, 5) is 0. The summed E-state index contributed by atoms with van der Waals surface area (Å²) in [6, 6.07) is 0. The van der Waals surface area contributed by atoms with Crippen molar-refractivity contribution < 1.29 is 20.5 Å². The molecule has 32 valence electrons. The first kappa shape index (κ1) is 26.8. The molecule has 0 rings (SSSR count). The van der Waals surface area contributed by atoms with Crippen molar-refractivity contribution >= 4 is 27.6 Å². The average Bonchev–Trinajstić information content (AvgIpc) is 0.811. The van der Waals surface area contributed by atoms with Crippen LogP contribution in [0.3, 0.4) is 0 Å². The molecule has 0 unspecified atom stereocenters. The fourth-order valence-corrected chi connectivity index (χ4v) is 0. The number of rotatable bonds is 0. The van der Waals surface area contributed by atoms with Crippen LogP contribution >= 0.6 is 0 Å². The van der Waals surface area contributed by atoms with Crippen LogP contribution in [0.5, 0.6) is 0 Å². The van der Waals surface area contributed by atoms with Crippen LogP contribution in [0.2, 0.25) is 0 Å². The molecule has 0 radical (unpaired) electrons. The van der Waals surface area contributed by atoms with E-state index in [9.17, 15) is 0 Å². The molecule has 0 aliphatic heterocycles. The van der Waals surface area contributed by atoms with E-state index in [1.54, 1.807) is 0 Å². The third-order valence-corrected chi connectivity index (χ3v) is 0. The molecular formula is HBBe2O4. The molecule has 0 aromatic rings. The van der Waals surface area contributed by atoms with Crippen LogP contribution in [0.15, 0.2) is 0 Å². The predicted molar refractivity (Wildman–Crippen MR) is 19.2 cm³/mol. The van der Waals surface area contributed by atoms with E-state index in [1.807, 2.05) is 0 Å². The van der Waals surface area contributed by atoms with Gasteiger partial charge < -0.3 is 20.5 Å². The van der Waals surface area contributed by atoms with Gasteiger partial charge in [-0.2, -0.15) is 0 Å². The molecule has 0 atom stereocenters. The molecule has 4 nitrogen and oxygen atoms in total. The van der Waals surface area contributed by atoms with E-state index < -0.39 is 7.32 Å². The molecule has 0 bridgehead atoms. The zero-order chi connectivity index (χ0) is 3.58. The standard InChI is InChI=1S/BO3.2Be.H2O/c2-1(3)4;;;/h;;;1H2/q-3;2*+2;/p-1. The Morgan fingerprint density at radius 1 is 0.857 bits per heavy atom. The van der Waals surface area contributed by atoms with Gasteiger partial charge in [-0.1, -0.05) is 0 Å². The van der Waals surface area contributed by atoms with Gasteiger partial charge in [0.25, 0.3) is 0 Å². The van der Waals surface area contributed by atoms with Crippen molar-refractivity contribution in [1.82, 2.24) is 0 Å².